The molecule has 0 aromatic heterocycles. The molecule has 138 valence electrons. The van der Waals surface area contributed by atoms with E-state index in [2.05, 4.69) is 11.8 Å². The molecule has 0 aliphatic carbocycles. The van der Waals surface area contributed by atoms with Gasteiger partial charge in [0.15, 0.2) is 0 Å². The number of hydrogen-bond donors (Lipinski definition) is 0. The molecule has 3 rings (SSSR count). The van der Waals surface area contributed by atoms with Gasteiger partial charge in [0.25, 0.3) is 5.69 Å². The Hall–Kier alpha value is -1.71. The summed E-state index contributed by atoms with van der Waals surface area (Å²) in [4.78, 5) is 12.7. The number of sulfonamides is 1. The highest BCUT2D eigenvalue weighted by Gasteiger charge is 2.33. The molecule has 0 radical (unpaired) electrons. The van der Waals surface area contributed by atoms with E-state index < -0.39 is 14.9 Å². The summed E-state index contributed by atoms with van der Waals surface area (Å²) in [5, 5.41) is 11.2. The maximum atomic E-state index is 13.2. The average molecular weight is 369 g/mol. The van der Waals surface area contributed by atoms with Crippen LogP contribution >= 0.6 is 0 Å². The third-order valence-corrected chi connectivity index (χ3v) is 6.78. The van der Waals surface area contributed by atoms with Gasteiger partial charge in [-0.25, -0.2) is 8.42 Å². The first-order valence-electron chi connectivity index (χ1n) is 8.54. The molecule has 0 saturated carbocycles. The lowest BCUT2D eigenvalue weighted by molar-refractivity contribution is -0.385. The highest BCUT2D eigenvalue weighted by molar-refractivity contribution is 7.89. The van der Waals surface area contributed by atoms with E-state index >= 15 is 0 Å². The minimum Gasteiger partial charge on any atom is -0.379 e. The second kappa shape index (κ2) is 7.27. The lowest BCUT2D eigenvalue weighted by atomic mass is 10.0. The van der Waals surface area contributed by atoms with E-state index in [9.17, 15) is 18.5 Å². The predicted octanol–water partition coefficient (Wildman–Crippen LogP) is 1.99. The topological polar surface area (TPSA) is 93.0 Å². The fourth-order valence-corrected chi connectivity index (χ4v) is 5.07. The summed E-state index contributed by atoms with van der Waals surface area (Å²) in [6.45, 7) is 4.02. The highest BCUT2D eigenvalue weighted by atomic mass is 32.2. The van der Waals surface area contributed by atoms with Crippen LogP contribution < -0.4 is 4.90 Å². The lowest BCUT2D eigenvalue weighted by Gasteiger charge is -2.37. The highest BCUT2D eigenvalue weighted by Crippen LogP contribution is 2.35. The summed E-state index contributed by atoms with van der Waals surface area (Å²) >= 11 is 0. The number of anilines is 1. The van der Waals surface area contributed by atoms with Gasteiger partial charge in [-0.1, -0.05) is 0 Å². The molecule has 1 aromatic rings. The zero-order valence-electron chi connectivity index (χ0n) is 14.3. The van der Waals surface area contributed by atoms with Crippen molar-refractivity contribution in [2.24, 2.45) is 0 Å². The number of nitro groups is 1. The Labute approximate surface area is 147 Å². The molecule has 2 fully saturated rings. The van der Waals surface area contributed by atoms with Crippen LogP contribution in [0.5, 0.6) is 0 Å². The van der Waals surface area contributed by atoms with E-state index in [1.165, 1.54) is 16.4 Å². The van der Waals surface area contributed by atoms with Crippen molar-refractivity contribution in [3.63, 3.8) is 0 Å². The summed E-state index contributed by atoms with van der Waals surface area (Å²) in [6, 6.07) is 4.36. The van der Waals surface area contributed by atoms with Crippen molar-refractivity contribution >= 4 is 21.4 Å². The van der Waals surface area contributed by atoms with Crippen molar-refractivity contribution in [2.75, 3.05) is 37.7 Å². The number of rotatable bonds is 4. The monoisotopic (exact) mass is 369 g/mol. The number of ether oxygens (including phenoxy) is 1. The van der Waals surface area contributed by atoms with Gasteiger partial charge in [-0.3, -0.25) is 10.1 Å². The molecule has 2 aliphatic rings. The molecule has 8 nitrogen and oxygen atoms in total. The molecule has 0 amide bonds. The molecule has 2 aliphatic heterocycles. The van der Waals surface area contributed by atoms with E-state index in [0.29, 0.717) is 18.9 Å². The number of nitrogens with zero attached hydrogens (tertiary/aromatic N) is 3. The maximum absolute atomic E-state index is 13.2. The van der Waals surface area contributed by atoms with Gasteiger partial charge in [0, 0.05) is 37.8 Å². The Balaban J connectivity index is 2.07. The van der Waals surface area contributed by atoms with Crippen LogP contribution in [0.1, 0.15) is 26.2 Å². The number of morpholine rings is 1. The van der Waals surface area contributed by atoms with Crippen LogP contribution in [0, 0.1) is 10.1 Å². The summed E-state index contributed by atoms with van der Waals surface area (Å²) in [6.07, 6.45) is 3.07. The molecule has 9 heteroatoms. The van der Waals surface area contributed by atoms with Crippen molar-refractivity contribution in [1.29, 1.82) is 0 Å². The minimum absolute atomic E-state index is 0.0253. The van der Waals surface area contributed by atoms with Gasteiger partial charge in [-0.05, 0) is 32.3 Å². The number of piperidine rings is 1. The first-order valence-corrected chi connectivity index (χ1v) is 9.98. The largest absolute Gasteiger partial charge is 0.379 e. The zero-order valence-corrected chi connectivity index (χ0v) is 15.1. The standard InChI is InChI=1S/C16H23N3O5S/c1-13-4-2-3-7-18(13)15-6-5-14(19(20)21)12-16(15)25(22,23)17-8-10-24-11-9-17/h5-6,12-13H,2-4,7-11H2,1H3. The number of benzene rings is 1. The first-order chi connectivity index (χ1) is 11.9. The van der Waals surface area contributed by atoms with Crippen LogP contribution in [0.2, 0.25) is 0 Å². The van der Waals surface area contributed by atoms with E-state index in [-0.39, 0.29) is 29.7 Å². The third-order valence-electron chi connectivity index (χ3n) is 4.85. The Morgan fingerprint density at radius 1 is 1.20 bits per heavy atom. The summed E-state index contributed by atoms with van der Waals surface area (Å²) in [5.41, 5.74) is 0.351. The number of nitro benzene ring substituents is 1. The molecule has 25 heavy (non-hydrogen) atoms. The van der Waals surface area contributed by atoms with E-state index in [1.54, 1.807) is 6.07 Å². The quantitative estimate of drug-likeness (QED) is 0.595. The molecule has 2 heterocycles. The second-order valence-electron chi connectivity index (χ2n) is 6.46. The summed E-state index contributed by atoms with van der Waals surface area (Å²) in [5.74, 6) is 0. The van der Waals surface area contributed by atoms with Gasteiger partial charge >= 0.3 is 0 Å². The van der Waals surface area contributed by atoms with Crippen molar-refractivity contribution in [2.45, 2.75) is 37.1 Å². The Bertz CT molecular complexity index is 746. The van der Waals surface area contributed by atoms with Gasteiger partial charge in [0.05, 0.1) is 23.8 Å². The van der Waals surface area contributed by atoms with Crippen molar-refractivity contribution in [3.8, 4) is 0 Å². The zero-order chi connectivity index (χ0) is 18.0. The molecule has 0 N–H and O–H groups in total. The smallest absolute Gasteiger partial charge is 0.270 e. The molecule has 0 bridgehead atoms. The predicted molar refractivity (Wildman–Crippen MR) is 93.3 cm³/mol. The normalized spacial score (nSPS) is 22.8. The molecule has 1 unspecified atom stereocenters. The maximum Gasteiger partial charge on any atom is 0.270 e. The number of non-ortho nitro benzene ring substituents is 1. The van der Waals surface area contributed by atoms with Crippen LogP contribution in [0.25, 0.3) is 0 Å². The average Bonchev–Trinajstić information content (AvgIpc) is 2.62. The third kappa shape index (κ3) is 3.63. The van der Waals surface area contributed by atoms with Crippen LogP contribution in [-0.2, 0) is 14.8 Å². The first kappa shape index (κ1) is 18.1. The summed E-state index contributed by atoms with van der Waals surface area (Å²) < 4.78 is 32.9. The molecule has 0 spiro atoms. The Morgan fingerprint density at radius 3 is 2.56 bits per heavy atom. The Morgan fingerprint density at radius 2 is 1.92 bits per heavy atom. The molecular weight excluding hydrogens is 346 g/mol. The van der Waals surface area contributed by atoms with Crippen LogP contribution in [0.15, 0.2) is 23.1 Å². The fourth-order valence-electron chi connectivity index (χ4n) is 3.44. The van der Waals surface area contributed by atoms with Crippen LogP contribution in [0.3, 0.4) is 0 Å². The van der Waals surface area contributed by atoms with E-state index in [4.69, 9.17) is 4.74 Å². The fraction of sp³-hybridized carbons (Fsp3) is 0.625. The van der Waals surface area contributed by atoms with Crippen LogP contribution in [0.4, 0.5) is 11.4 Å². The van der Waals surface area contributed by atoms with E-state index in [0.717, 1.165) is 25.8 Å². The van der Waals surface area contributed by atoms with E-state index in [1.807, 2.05) is 0 Å². The molecule has 1 atom stereocenters. The SMILES string of the molecule is CC1CCCCN1c1ccc([N+](=O)[O-])cc1S(=O)(=O)N1CCOCC1. The van der Waals surface area contributed by atoms with Gasteiger partial charge in [-0.2, -0.15) is 4.31 Å². The minimum atomic E-state index is -3.81. The van der Waals surface area contributed by atoms with Gasteiger partial charge < -0.3 is 9.64 Å². The van der Waals surface area contributed by atoms with Crippen molar-refractivity contribution in [1.82, 2.24) is 4.31 Å². The lowest BCUT2D eigenvalue weighted by Crippen LogP contribution is -2.42. The summed E-state index contributed by atoms with van der Waals surface area (Å²) in [7, 11) is -3.81. The van der Waals surface area contributed by atoms with Crippen molar-refractivity contribution in [3.05, 3.63) is 28.3 Å². The number of hydrogen-bond acceptors (Lipinski definition) is 6. The van der Waals surface area contributed by atoms with Crippen molar-refractivity contribution < 1.29 is 18.1 Å². The van der Waals surface area contributed by atoms with Crippen LogP contribution in [-0.4, -0.2) is 56.5 Å². The molecular formula is C16H23N3O5S. The van der Waals surface area contributed by atoms with Gasteiger partial charge in [0.1, 0.15) is 4.90 Å². The molecule has 1 aromatic carbocycles. The van der Waals surface area contributed by atoms with Gasteiger partial charge in [0.2, 0.25) is 10.0 Å². The second-order valence-corrected chi connectivity index (χ2v) is 8.37. The van der Waals surface area contributed by atoms with Gasteiger partial charge in [-0.15, -0.1) is 0 Å². The Kier molecular flexibility index (Phi) is 5.26. The molecule has 2 saturated heterocycles.